The quantitative estimate of drug-likeness (QED) is 0.606. The lowest BCUT2D eigenvalue weighted by atomic mass is 10.1. The molecule has 0 atom stereocenters. The predicted octanol–water partition coefficient (Wildman–Crippen LogP) is 4.86. The standard InChI is InChI=1S/C18H14Cl2N2O2/c1-10-3-4-11(2)16(5-10)22-18(24)13(9-21)6-12-7-14(19)8-15(20)17(12)23/h3-8,23H,1-2H3,(H,22,24). The molecule has 0 heterocycles. The van der Waals surface area contributed by atoms with Gasteiger partial charge in [-0.05, 0) is 49.2 Å². The second-order valence-electron chi connectivity index (χ2n) is 5.27. The fraction of sp³-hybridized carbons (Fsp3) is 0.111. The van der Waals surface area contributed by atoms with Gasteiger partial charge in [0.1, 0.15) is 17.4 Å². The van der Waals surface area contributed by atoms with E-state index < -0.39 is 5.91 Å². The van der Waals surface area contributed by atoms with Gasteiger partial charge >= 0.3 is 0 Å². The summed E-state index contributed by atoms with van der Waals surface area (Å²) in [6.07, 6.45) is 1.24. The number of benzene rings is 2. The molecule has 24 heavy (non-hydrogen) atoms. The summed E-state index contributed by atoms with van der Waals surface area (Å²) in [5.41, 5.74) is 2.50. The normalized spacial score (nSPS) is 11.0. The highest BCUT2D eigenvalue weighted by molar-refractivity contribution is 6.36. The lowest BCUT2D eigenvalue weighted by Gasteiger charge is -2.09. The number of rotatable bonds is 3. The maximum atomic E-state index is 12.3. The Bertz CT molecular complexity index is 883. The second kappa shape index (κ2) is 7.39. The molecule has 0 aliphatic rings. The van der Waals surface area contributed by atoms with Crippen molar-refractivity contribution >= 4 is 40.9 Å². The highest BCUT2D eigenvalue weighted by Crippen LogP contribution is 2.32. The van der Waals surface area contributed by atoms with Gasteiger partial charge in [0.15, 0.2) is 0 Å². The van der Waals surface area contributed by atoms with Crippen LogP contribution in [-0.2, 0) is 4.79 Å². The number of amides is 1. The number of hydrogen-bond acceptors (Lipinski definition) is 3. The Morgan fingerprint density at radius 3 is 2.62 bits per heavy atom. The number of nitrogens with one attached hydrogen (secondary N) is 1. The maximum absolute atomic E-state index is 12.3. The van der Waals surface area contributed by atoms with Crippen molar-refractivity contribution in [3.05, 3.63) is 62.6 Å². The lowest BCUT2D eigenvalue weighted by Crippen LogP contribution is -2.14. The van der Waals surface area contributed by atoms with Gasteiger partial charge in [-0.3, -0.25) is 4.79 Å². The van der Waals surface area contributed by atoms with Gasteiger partial charge in [-0.25, -0.2) is 0 Å². The van der Waals surface area contributed by atoms with E-state index in [2.05, 4.69) is 5.32 Å². The number of hydrogen-bond donors (Lipinski definition) is 2. The minimum absolute atomic E-state index is 0.0426. The van der Waals surface area contributed by atoms with Crippen LogP contribution in [-0.4, -0.2) is 11.0 Å². The Morgan fingerprint density at radius 1 is 1.25 bits per heavy atom. The monoisotopic (exact) mass is 360 g/mol. The van der Waals surface area contributed by atoms with Gasteiger partial charge < -0.3 is 10.4 Å². The minimum Gasteiger partial charge on any atom is -0.506 e. The minimum atomic E-state index is -0.582. The predicted molar refractivity (Wildman–Crippen MR) is 96.3 cm³/mol. The molecule has 2 N–H and O–H groups in total. The first-order valence-electron chi connectivity index (χ1n) is 7.00. The van der Waals surface area contributed by atoms with E-state index in [1.54, 1.807) is 0 Å². The van der Waals surface area contributed by atoms with Crippen LogP contribution in [0.5, 0.6) is 5.75 Å². The lowest BCUT2D eigenvalue weighted by molar-refractivity contribution is -0.112. The van der Waals surface area contributed by atoms with Gasteiger partial charge in [-0.1, -0.05) is 35.3 Å². The average Bonchev–Trinajstić information content (AvgIpc) is 2.52. The van der Waals surface area contributed by atoms with Crippen LogP contribution in [0.2, 0.25) is 10.0 Å². The van der Waals surface area contributed by atoms with Gasteiger partial charge in [-0.15, -0.1) is 0 Å². The number of nitriles is 1. The molecule has 0 aliphatic heterocycles. The molecule has 2 rings (SSSR count). The van der Waals surface area contributed by atoms with E-state index in [9.17, 15) is 15.2 Å². The van der Waals surface area contributed by atoms with Crippen molar-refractivity contribution in [2.75, 3.05) is 5.32 Å². The third-order valence-corrected chi connectivity index (χ3v) is 3.87. The average molecular weight is 361 g/mol. The molecular formula is C18H14Cl2N2O2. The van der Waals surface area contributed by atoms with Crippen molar-refractivity contribution in [1.29, 1.82) is 5.26 Å². The zero-order valence-corrected chi connectivity index (χ0v) is 14.5. The number of anilines is 1. The number of carbonyl (C=O) groups is 1. The van der Waals surface area contributed by atoms with E-state index in [1.807, 2.05) is 38.1 Å². The van der Waals surface area contributed by atoms with Crippen molar-refractivity contribution in [3.8, 4) is 11.8 Å². The Balaban J connectivity index is 2.36. The van der Waals surface area contributed by atoms with Gasteiger partial charge in [0, 0.05) is 16.3 Å². The van der Waals surface area contributed by atoms with Gasteiger partial charge in [0.05, 0.1) is 5.02 Å². The van der Waals surface area contributed by atoms with Crippen LogP contribution < -0.4 is 5.32 Å². The Kier molecular flexibility index (Phi) is 5.50. The van der Waals surface area contributed by atoms with Crippen LogP contribution in [0.1, 0.15) is 16.7 Å². The van der Waals surface area contributed by atoms with E-state index in [1.165, 1.54) is 18.2 Å². The molecule has 0 fully saturated rings. The number of halogens is 2. The van der Waals surface area contributed by atoms with Crippen molar-refractivity contribution in [2.24, 2.45) is 0 Å². The molecule has 0 radical (unpaired) electrons. The van der Waals surface area contributed by atoms with Crippen LogP contribution in [0.4, 0.5) is 5.69 Å². The molecule has 2 aromatic rings. The molecule has 0 unspecified atom stereocenters. The summed E-state index contributed by atoms with van der Waals surface area (Å²) in [5, 5.41) is 22.2. The first kappa shape index (κ1) is 17.9. The highest BCUT2D eigenvalue weighted by Gasteiger charge is 2.13. The summed E-state index contributed by atoms with van der Waals surface area (Å²) in [6, 6.07) is 10.2. The molecule has 2 aromatic carbocycles. The summed E-state index contributed by atoms with van der Waals surface area (Å²) >= 11 is 11.7. The fourth-order valence-corrected chi connectivity index (χ4v) is 2.57. The zero-order valence-electron chi connectivity index (χ0n) is 13.0. The molecule has 6 heteroatoms. The number of carbonyl (C=O) groups excluding carboxylic acids is 1. The summed E-state index contributed by atoms with van der Waals surface area (Å²) in [6.45, 7) is 3.76. The SMILES string of the molecule is Cc1ccc(C)c(NC(=O)C(C#N)=Cc2cc(Cl)cc(Cl)c2O)c1. The first-order valence-corrected chi connectivity index (χ1v) is 7.76. The van der Waals surface area contributed by atoms with Crippen molar-refractivity contribution in [2.45, 2.75) is 13.8 Å². The number of phenols is 1. The van der Waals surface area contributed by atoms with Crippen LogP contribution in [0, 0.1) is 25.2 Å². The summed E-state index contributed by atoms with van der Waals surface area (Å²) in [4.78, 5) is 12.3. The molecular weight excluding hydrogens is 347 g/mol. The van der Waals surface area contributed by atoms with Gasteiger partial charge in [0.25, 0.3) is 5.91 Å². The molecule has 122 valence electrons. The molecule has 0 saturated carbocycles. The van der Waals surface area contributed by atoms with E-state index in [-0.39, 0.29) is 26.9 Å². The Labute approximate surface area is 149 Å². The van der Waals surface area contributed by atoms with E-state index in [0.29, 0.717) is 5.69 Å². The Morgan fingerprint density at radius 2 is 1.96 bits per heavy atom. The molecule has 4 nitrogen and oxygen atoms in total. The zero-order chi connectivity index (χ0) is 17.9. The highest BCUT2D eigenvalue weighted by atomic mass is 35.5. The van der Waals surface area contributed by atoms with Crippen molar-refractivity contribution in [1.82, 2.24) is 0 Å². The van der Waals surface area contributed by atoms with Crippen LogP contribution in [0.25, 0.3) is 6.08 Å². The van der Waals surface area contributed by atoms with Crippen LogP contribution in [0.15, 0.2) is 35.9 Å². The smallest absolute Gasteiger partial charge is 0.266 e. The van der Waals surface area contributed by atoms with E-state index in [0.717, 1.165) is 11.1 Å². The number of nitrogens with zero attached hydrogens (tertiary/aromatic N) is 1. The van der Waals surface area contributed by atoms with E-state index in [4.69, 9.17) is 23.2 Å². The fourth-order valence-electron chi connectivity index (χ4n) is 2.06. The van der Waals surface area contributed by atoms with Crippen LogP contribution in [0.3, 0.4) is 0 Å². The second-order valence-corrected chi connectivity index (χ2v) is 6.11. The summed E-state index contributed by atoms with van der Waals surface area (Å²) in [5.74, 6) is -0.824. The van der Waals surface area contributed by atoms with Gasteiger partial charge in [-0.2, -0.15) is 5.26 Å². The third-order valence-electron chi connectivity index (χ3n) is 3.36. The maximum Gasteiger partial charge on any atom is 0.266 e. The van der Waals surface area contributed by atoms with Crippen LogP contribution >= 0.6 is 23.2 Å². The first-order chi connectivity index (χ1) is 11.3. The van der Waals surface area contributed by atoms with Crippen molar-refractivity contribution in [3.63, 3.8) is 0 Å². The number of aryl methyl sites for hydroxylation is 2. The third kappa shape index (κ3) is 4.08. The Hall–Kier alpha value is -2.48. The molecule has 0 bridgehead atoms. The molecule has 0 aliphatic carbocycles. The molecule has 0 aromatic heterocycles. The largest absolute Gasteiger partial charge is 0.506 e. The topological polar surface area (TPSA) is 73.1 Å². The van der Waals surface area contributed by atoms with Gasteiger partial charge in [0.2, 0.25) is 0 Å². The summed E-state index contributed by atoms with van der Waals surface area (Å²) < 4.78 is 0. The van der Waals surface area contributed by atoms with E-state index >= 15 is 0 Å². The molecule has 1 amide bonds. The molecule has 0 spiro atoms. The van der Waals surface area contributed by atoms with Crippen molar-refractivity contribution < 1.29 is 9.90 Å². The summed E-state index contributed by atoms with van der Waals surface area (Å²) in [7, 11) is 0. The number of aromatic hydroxyl groups is 1. The molecule has 0 saturated heterocycles. The number of phenolic OH excluding ortho intramolecular Hbond substituents is 1.